The number of amides is 2. The zero-order valence-electron chi connectivity index (χ0n) is 33.5. The predicted octanol–water partition coefficient (Wildman–Crippen LogP) is 7.27. The first-order valence-corrected chi connectivity index (χ1v) is 22.6. The average molecular weight is 847 g/mol. The molecule has 0 saturated heterocycles. The summed E-state index contributed by atoms with van der Waals surface area (Å²) in [5, 5.41) is 8.20. The van der Waals surface area contributed by atoms with E-state index in [1.165, 1.54) is 42.7 Å². The third-order valence-electron chi connectivity index (χ3n) is 11.2. The zero-order valence-corrected chi connectivity index (χ0v) is 35.2. The van der Waals surface area contributed by atoms with Crippen molar-refractivity contribution in [2.75, 3.05) is 23.4 Å². The summed E-state index contributed by atoms with van der Waals surface area (Å²) < 4.78 is 37.5. The van der Waals surface area contributed by atoms with E-state index in [1.54, 1.807) is 25.3 Å². The van der Waals surface area contributed by atoms with E-state index in [0.717, 1.165) is 52.6 Å². The van der Waals surface area contributed by atoms with E-state index < -0.39 is 15.9 Å². The summed E-state index contributed by atoms with van der Waals surface area (Å²) in [7, 11) is -4.39. The topological polar surface area (TPSA) is 178 Å². The maximum absolute atomic E-state index is 14.3. The van der Waals surface area contributed by atoms with Crippen LogP contribution in [0.25, 0.3) is 21.3 Å². The molecule has 1 aliphatic carbocycles. The van der Waals surface area contributed by atoms with E-state index in [9.17, 15) is 22.8 Å². The molecule has 0 radical (unpaired) electrons. The van der Waals surface area contributed by atoms with Gasteiger partial charge in [-0.1, -0.05) is 54.9 Å². The van der Waals surface area contributed by atoms with E-state index >= 15 is 0 Å². The fourth-order valence-corrected chi connectivity index (χ4v) is 9.77. The molecule has 1 saturated carbocycles. The molecule has 0 bridgehead atoms. The van der Waals surface area contributed by atoms with Gasteiger partial charge in [-0.15, -0.1) is 0 Å². The molecule has 8 rings (SSSR count). The smallest absolute Gasteiger partial charge is 0.306 e. The number of nitrogens with one attached hydrogen (secondary N) is 2. The van der Waals surface area contributed by atoms with E-state index in [2.05, 4.69) is 20.0 Å². The van der Waals surface area contributed by atoms with Crippen LogP contribution in [-0.2, 0) is 45.5 Å². The van der Waals surface area contributed by atoms with Gasteiger partial charge < -0.3 is 9.64 Å². The Labute approximate surface area is 352 Å². The Morgan fingerprint density at radius 2 is 1.75 bits per heavy atom. The Balaban J connectivity index is 1.08. The lowest BCUT2D eigenvalue weighted by Gasteiger charge is -2.31. The number of carbonyl (C=O) groups is 3. The standard InChI is InChI=1S/C44H46N8O6S2/c1-3-58-40(53)21-17-31-16-18-32(24-45-31)60(56,57)50-43(55)41-33(35-25-46-52(28(35)2)26-29-10-5-4-6-11-29)19-20-39(48-41)51-23-22-30-12-9-13-34(36(30)27-51)42(54)49-44-47-37-14-7-8-15-38(37)59-44/h7-9,12-16,18-20,24-25,29H,3-6,10-11,17,21-23,26-27H2,1-2H3,(H,50,55)(H,47,49,54). The van der Waals surface area contributed by atoms with Gasteiger partial charge in [-0.3, -0.25) is 29.4 Å². The molecule has 1 aliphatic heterocycles. The number of thiazole rings is 1. The first-order chi connectivity index (χ1) is 29.1. The summed E-state index contributed by atoms with van der Waals surface area (Å²) in [6.07, 6.45) is 9.80. The van der Waals surface area contributed by atoms with Crippen LogP contribution in [0, 0.1) is 12.8 Å². The summed E-state index contributed by atoms with van der Waals surface area (Å²) in [5.74, 6) is -0.592. The largest absolute Gasteiger partial charge is 0.466 e. The maximum Gasteiger partial charge on any atom is 0.306 e. The number of pyridine rings is 2. The number of para-hydroxylation sites is 1. The number of benzene rings is 2. The highest BCUT2D eigenvalue weighted by Gasteiger charge is 2.28. The normalized spacial score (nSPS) is 14.5. The maximum atomic E-state index is 14.3. The number of aryl methyl sites for hydroxylation is 1. The average Bonchev–Trinajstić information content (AvgIpc) is 3.84. The van der Waals surface area contributed by atoms with Crippen LogP contribution in [0.4, 0.5) is 10.9 Å². The molecule has 60 heavy (non-hydrogen) atoms. The minimum absolute atomic E-state index is 0.0805. The quantitative estimate of drug-likeness (QED) is 0.112. The molecule has 0 unspecified atom stereocenters. The monoisotopic (exact) mass is 846 g/mol. The van der Waals surface area contributed by atoms with Gasteiger partial charge in [0.05, 0.1) is 29.4 Å². The molecule has 2 N–H and O–H groups in total. The van der Waals surface area contributed by atoms with Crippen LogP contribution in [0.5, 0.6) is 0 Å². The lowest BCUT2D eigenvalue weighted by Crippen LogP contribution is -2.34. The summed E-state index contributed by atoms with van der Waals surface area (Å²) in [5.41, 5.74) is 5.59. The lowest BCUT2D eigenvalue weighted by molar-refractivity contribution is -0.143. The number of anilines is 2. The molecule has 2 aromatic carbocycles. The molecule has 310 valence electrons. The van der Waals surface area contributed by atoms with Crippen LogP contribution in [0.3, 0.4) is 0 Å². The highest BCUT2D eigenvalue weighted by molar-refractivity contribution is 7.90. The number of ether oxygens (including phenoxy) is 1. The van der Waals surface area contributed by atoms with E-state index in [1.807, 2.05) is 59.0 Å². The zero-order chi connectivity index (χ0) is 41.8. The molecule has 1 fully saturated rings. The Bertz CT molecular complexity index is 2640. The minimum atomic E-state index is -4.39. The number of rotatable bonds is 13. The van der Waals surface area contributed by atoms with Crippen molar-refractivity contribution in [2.45, 2.75) is 83.2 Å². The van der Waals surface area contributed by atoms with Crippen LogP contribution in [0.15, 0.2) is 84.0 Å². The molecule has 2 amide bonds. The summed E-state index contributed by atoms with van der Waals surface area (Å²) in [6, 6.07) is 19.9. The molecule has 16 heteroatoms. The van der Waals surface area contributed by atoms with Gasteiger partial charge in [0.1, 0.15) is 16.4 Å². The number of hydrogen-bond acceptors (Lipinski definition) is 12. The molecular formula is C44H46N8O6S2. The van der Waals surface area contributed by atoms with E-state index in [-0.39, 0.29) is 41.9 Å². The molecule has 2 aliphatic rings. The van der Waals surface area contributed by atoms with Gasteiger partial charge in [0.15, 0.2) is 5.13 Å². The van der Waals surface area contributed by atoms with Crippen molar-refractivity contribution in [1.29, 1.82) is 0 Å². The molecule has 0 spiro atoms. The van der Waals surface area contributed by atoms with Gasteiger partial charge in [0.25, 0.3) is 21.8 Å². The van der Waals surface area contributed by atoms with Gasteiger partial charge in [-0.05, 0) is 92.6 Å². The number of sulfonamides is 1. The second-order valence-corrected chi connectivity index (χ2v) is 17.9. The Hall–Kier alpha value is -6.00. The van der Waals surface area contributed by atoms with Crippen LogP contribution >= 0.6 is 11.3 Å². The van der Waals surface area contributed by atoms with Gasteiger partial charge in [-0.25, -0.2) is 23.1 Å². The molecule has 0 atom stereocenters. The SMILES string of the molecule is CCOC(=O)CCc1ccc(S(=O)(=O)NC(=O)c2nc(N3CCc4cccc(C(=O)Nc5nc6ccccc6s5)c4C3)ccc2-c2cnn(CC3CCCCC3)c2C)cn1. The van der Waals surface area contributed by atoms with E-state index in [0.29, 0.717) is 58.8 Å². The second kappa shape index (κ2) is 17.7. The van der Waals surface area contributed by atoms with Crippen molar-refractivity contribution in [3.05, 3.63) is 113 Å². The van der Waals surface area contributed by atoms with Crippen molar-refractivity contribution in [1.82, 2.24) is 29.5 Å². The molecule has 14 nitrogen and oxygen atoms in total. The predicted molar refractivity (Wildman–Crippen MR) is 229 cm³/mol. The highest BCUT2D eigenvalue weighted by atomic mass is 32.2. The molecular weight excluding hydrogens is 801 g/mol. The molecule has 5 heterocycles. The highest BCUT2D eigenvalue weighted by Crippen LogP contribution is 2.33. The fraction of sp³-hybridized carbons (Fsp3) is 0.341. The third-order valence-corrected chi connectivity index (χ3v) is 13.5. The van der Waals surface area contributed by atoms with Crippen LogP contribution < -0.4 is 14.9 Å². The van der Waals surface area contributed by atoms with Crippen molar-refractivity contribution < 1.29 is 27.5 Å². The van der Waals surface area contributed by atoms with E-state index in [4.69, 9.17) is 14.8 Å². The minimum Gasteiger partial charge on any atom is -0.466 e. The van der Waals surface area contributed by atoms with Crippen LogP contribution in [0.2, 0.25) is 0 Å². The number of fused-ring (bicyclic) bond motifs is 2. The summed E-state index contributed by atoms with van der Waals surface area (Å²) in [4.78, 5) is 55.3. The Morgan fingerprint density at radius 1 is 0.917 bits per heavy atom. The van der Waals surface area contributed by atoms with Gasteiger partial charge >= 0.3 is 5.97 Å². The number of hydrogen-bond donors (Lipinski definition) is 2. The van der Waals surface area contributed by atoms with Crippen molar-refractivity contribution in [3.63, 3.8) is 0 Å². The van der Waals surface area contributed by atoms with Crippen LogP contribution in [-0.4, -0.2) is 64.1 Å². The van der Waals surface area contributed by atoms with Gasteiger partial charge in [0, 0.05) is 60.3 Å². The second-order valence-electron chi connectivity index (χ2n) is 15.2. The van der Waals surface area contributed by atoms with Crippen molar-refractivity contribution in [2.24, 2.45) is 5.92 Å². The molecule has 6 aromatic rings. The van der Waals surface area contributed by atoms with Crippen LogP contribution in [0.1, 0.15) is 88.8 Å². The van der Waals surface area contributed by atoms with Gasteiger partial charge in [-0.2, -0.15) is 5.10 Å². The first kappa shape index (κ1) is 40.8. The number of carbonyl (C=O) groups excluding carboxylic acids is 3. The number of esters is 1. The summed E-state index contributed by atoms with van der Waals surface area (Å²) >= 11 is 1.41. The van der Waals surface area contributed by atoms with Crippen molar-refractivity contribution >= 4 is 60.3 Å². The third kappa shape index (κ3) is 8.94. The first-order valence-electron chi connectivity index (χ1n) is 20.3. The lowest BCUT2D eigenvalue weighted by atomic mass is 9.89. The number of aromatic nitrogens is 5. The Morgan fingerprint density at radius 3 is 2.53 bits per heavy atom. The molecule has 4 aromatic heterocycles. The Kier molecular flexibility index (Phi) is 12.0. The fourth-order valence-electron chi connectivity index (χ4n) is 8.01. The van der Waals surface area contributed by atoms with Gasteiger partial charge in [0.2, 0.25) is 0 Å². The number of nitrogens with zero attached hydrogens (tertiary/aromatic N) is 6. The summed E-state index contributed by atoms with van der Waals surface area (Å²) in [6.45, 7) is 5.59. The van der Waals surface area contributed by atoms with Crippen molar-refractivity contribution in [3.8, 4) is 11.1 Å².